The number of carbonyl (C=O) groups excluding carboxylic acids is 1. The standard InChI is InChI=1S/C14H19O4/c1-10-5-6-11(2)13(9-10)14(15)18-17-8-7-12(3)16-4/h5-6,8-9,12H,7H2,1-4H3. The van der Waals surface area contributed by atoms with E-state index >= 15 is 0 Å². The molecular formula is C14H19O4. The summed E-state index contributed by atoms with van der Waals surface area (Å²) in [5.41, 5.74) is 2.38. The van der Waals surface area contributed by atoms with Gasteiger partial charge in [0.1, 0.15) is 6.61 Å². The average Bonchev–Trinajstić information content (AvgIpc) is 2.36. The number of hydrogen-bond acceptors (Lipinski definition) is 4. The minimum Gasteiger partial charge on any atom is -0.382 e. The van der Waals surface area contributed by atoms with E-state index in [0.29, 0.717) is 12.0 Å². The van der Waals surface area contributed by atoms with Crippen LogP contribution in [-0.2, 0) is 14.5 Å². The third-order valence-electron chi connectivity index (χ3n) is 2.64. The van der Waals surface area contributed by atoms with Gasteiger partial charge in [-0.3, -0.25) is 4.89 Å². The third kappa shape index (κ3) is 4.47. The highest BCUT2D eigenvalue weighted by Crippen LogP contribution is 2.12. The van der Waals surface area contributed by atoms with Crippen molar-refractivity contribution < 1.29 is 19.3 Å². The normalized spacial score (nSPS) is 12.2. The Morgan fingerprint density at radius 1 is 1.39 bits per heavy atom. The number of rotatable bonds is 6. The highest BCUT2D eigenvalue weighted by Gasteiger charge is 2.12. The van der Waals surface area contributed by atoms with Crippen LogP contribution < -0.4 is 0 Å². The topological polar surface area (TPSA) is 44.8 Å². The number of carbonyl (C=O) groups is 1. The molecule has 0 bridgehead atoms. The number of aryl methyl sites for hydroxylation is 2. The van der Waals surface area contributed by atoms with Gasteiger partial charge in [-0.2, -0.15) is 4.89 Å². The Kier molecular flexibility index (Phi) is 5.82. The molecular weight excluding hydrogens is 232 g/mol. The Hall–Kier alpha value is -1.39. The molecule has 1 rings (SSSR count). The van der Waals surface area contributed by atoms with Crippen LogP contribution in [-0.4, -0.2) is 19.2 Å². The van der Waals surface area contributed by atoms with E-state index in [4.69, 9.17) is 14.5 Å². The van der Waals surface area contributed by atoms with Crippen LogP contribution in [0.4, 0.5) is 0 Å². The minimum absolute atomic E-state index is 0.0319. The molecule has 0 heterocycles. The Morgan fingerprint density at radius 3 is 2.78 bits per heavy atom. The summed E-state index contributed by atoms with van der Waals surface area (Å²) >= 11 is 0. The highest BCUT2D eigenvalue weighted by atomic mass is 17.2. The average molecular weight is 251 g/mol. The molecule has 1 atom stereocenters. The van der Waals surface area contributed by atoms with Crippen molar-refractivity contribution in [3.05, 3.63) is 41.5 Å². The summed E-state index contributed by atoms with van der Waals surface area (Å²) in [6.45, 7) is 7.08. The maximum atomic E-state index is 11.7. The largest absolute Gasteiger partial charge is 0.382 e. The molecule has 0 N–H and O–H groups in total. The van der Waals surface area contributed by atoms with E-state index in [1.54, 1.807) is 13.2 Å². The fourth-order valence-corrected chi connectivity index (χ4v) is 1.35. The summed E-state index contributed by atoms with van der Waals surface area (Å²) in [4.78, 5) is 21.2. The van der Waals surface area contributed by atoms with Crippen LogP contribution in [0.3, 0.4) is 0 Å². The summed E-state index contributed by atoms with van der Waals surface area (Å²) in [7, 11) is 1.61. The summed E-state index contributed by atoms with van der Waals surface area (Å²) < 4.78 is 5.02. The van der Waals surface area contributed by atoms with E-state index in [0.717, 1.165) is 11.1 Å². The molecule has 99 valence electrons. The van der Waals surface area contributed by atoms with Gasteiger partial charge in [0.25, 0.3) is 0 Å². The monoisotopic (exact) mass is 251 g/mol. The van der Waals surface area contributed by atoms with Gasteiger partial charge in [0.15, 0.2) is 0 Å². The Bertz CT molecular complexity index is 401. The minimum atomic E-state index is -0.488. The van der Waals surface area contributed by atoms with E-state index in [9.17, 15) is 4.79 Å². The molecule has 0 aromatic heterocycles. The van der Waals surface area contributed by atoms with Crippen LogP contribution in [0.15, 0.2) is 18.2 Å². The summed E-state index contributed by atoms with van der Waals surface area (Å²) in [6.07, 6.45) is 0.584. The molecule has 1 unspecified atom stereocenters. The molecule has 4 nitrogen and oxygen atoms in total. The van der Waals surface area contributed by atoms with E-state index in [-0.39, 0.29) is 6.10 Å². The molecule has 0 aliphatic carbocycles. The first kappa shape index (κ1) is 14.7. The fourth-order valence-electron chi connectivity index (χ4n) is 1.35. The van der Waals surface area contributed by atoms with Crippen LogP contribution in [0, 0.1) is 20.5 Å². The molecule has 1 radical (unpaired) electrons. The van der Waals surface area contributed by atoms with Crippen LogP contribution in [0.2, 0.25) is 0 Å². The number of hydrogen-bond donors (Lipinski definition) is 0. The second kappa shape index (κ2) is 7.13. The second-order valence-corrected chi connectivity index (χ2v) is 4.23. The Morgan fingerprint density at radius 2 is 2.11 bits per heavy atom. The van der Waals surface area contributed by atoms with E-state index in [1.165, 1.54) is 6.61 Å². The number of methoxy groups -OCH3 is 1. The lowest BCUT2D eigenvalue weighted by Gasteiger charge is -2.09. The molecule has 1 aromatic carbocycles. The summed E-state index contributed by atoms with van der Waals surface area (Å²) in [6, 6.07) is 5.60. The van der Waals surface area contributed by atoms with E-state index in [1.807, 2.05) is 32.9 Å². The van der Waals surface area contributed by atoms with Crippen molar-refractivity contribution in [1.29, 1.82) is 0 Å². The summed E-state index contributed by atoms with van der Waals surface area (Å²) in [5, 5.41) is 0. The first-order valence-electron chi connectivity index (χ1n) is 5.84. The molecule has 0 saturated carbocycles. The zero-order valence-corrected chi connectivity index (χ0v) is 11.2. The second-order valence-electron chi connectivity index (χ2n) is 4.23. The quantitative estimate of drug-likeness (QED) is 0.443. The molecule has 4 heteroatoms. The Labute approximate surface area is 108 Å². The first-order chi connectivity index (χ1) is 8.54. The fraction of sp³-hybridized carbons (Fsp3) is 0.429. The van der Waals surface area contributed by atoms with Gasteiger partial charge in [-0.25, -0.2) is 4.79 Å². The lowest BCUT2D eigenvalue weighted by molar-refractivity contribution is -0.215. The maximum Gasteiger partial charge on any atom is 0.373 e. The molecule has 0 aliphatic heterocycles. The van der Waals surface area contributed by atoms with Crippen molar-refractivity contribution in [2.75, 3.05) is 7.11 Å². The zero-order chi connectivity index (χ0) is 13.5. The van der Waals surface area contributed by atoms with Crippen molar-refractivity contribution in [3.63, 3.8) is 0 Å². The van der Waals surface area contributed by atoms with Gasteiger partial charge in [0, 0.05) is 13.5 Å². The van der Waals surface area contributed by atoms with Gasteiger partial charge in [0.2, 0.25) is 0 Å². The van der Waals surface area contributed by atoms with Gasteiger partial charge >= 0.3 is 5.97 Å². The molecule has 0 aliphatic rings. The van der Waals surface area contributed by atoms with E-state index < -0.39 is 5.97 Å². The van der Waals surface area contributed by atoms with Crippen LogP contribution in [0.5, 0.6) is 0 Å². The molecule has 0 spiro atoms. The van der Waals surface area contributed by atoms with Gasteiger partial charge in [0.05, 0.1) is 11.7 Å². The maximum absolute atomic E-state index is 11.7. The van der Waals surface area contributed by atoms with Crippen molar-refractivity contribution >= 4 is 5.97 Å². The van der Waals surface area contributed by atoms with Gasteiger partial charge in [-0.1, -0.05) is 17.7 Å². The van der Waals surface area contributed by atoms with Gasteiger partial charge < -0.3 is 4.74 Å². The van der Waals surface area contributed by atoms with Crippen LogP contribution >= 0.6 is 0 Å². The highest BCUT2D eigenvalue weighted by molar-refractivity contribution is 5.90. The van der Waals surface area contributed by atoms with E-state index in [2.05, 4.69) is 0 Å². The van der Waals surface area contributed by atoms with Gasteiger partial charge in [-0.15, -0.1) is 0 Å². The number of benzene rings is 1. The first-order valence-corrected chi connectivity index (χ1v) is 5.84. The number of ether oxygens (including phenoxy) is 1. The molecule has 0 saturated heterocycles. The smallest absolute Gasteiger partial charge is 0.373 e. The van der Waals surface area contributed by atoms with Crippen LogP contribution in [0.1, 0.15) is 34.8 Å². The molecule has 0 amide bonds. The zero-order valence-electron chi connectivity index (χ0n) is 11.2. The van der Waals surface area contributed by atoms with Crippen molar-refractivity contribution in [3.8, 4) is 0 Å². The lowest BCUT2D eigenvalue weighted by atomic mass is 10.1. The summed E-state index contributed by atoms with van der Waals surface area (Å²) in [5.74, 6) is -0.488. The van der Waals surface area contributed by atoms with Crippen LogP contribution in [0.25, 0.3) is 0 Å². The third-order valence-corrected chi connectivity index (χ3v) is 2.64. The predicted molar refractivity (Wildman–Crippen MR) is 67.8 cm³/mol. The lowest BCUT2D eigenvalue weighted by Crippen LogP contribution is -2.10. The molecule has 0 fully saturated rings. The predicted octanol–water partition coefficient (Wildman–Crippen LogP) is 2.98. The van der Waals surface area contributed by atoms with Gasteiger partial charge in [-0.05, 0) is 32.4 Å². The molecule has 1 aromatic rings. The van der Waals surface area contributed by atoms with Crippen molar-refractivity contribution in [2.24, 2.45) is 0 Å². The Balaban J connectivity index is 2.43. The SMILES string of the molecule is COC(C)C[CH]OOC(=O)c1cc(C)ccc1C. The molecule has 18 heavy (non-hydrogen) atoms. The van der Waals surface area contributed by atoms with Crippen molar-refractivity contribution in [1.82, 2.24) is 0 Å². The van der Waals surface area contributed by atoms with Crippen molar-refractivity contribution in [2.45, 2.75) is 33.3 Å².